The summed E-state index contributed by atoms with van der Waals surface area (Å²) >= 11 is 0. The van der Waals surface area contributed by atoms with Gasteiger partial charge in [0, 0.05) is 57.9 Å². The lowest BCUT2D eigenvalue weighted by molar-refractivity contribution is -0.131. The maximum atomic E-state index is 11.9. The monoisotopic (exact) mass is 414 g/mol. The van der Waals surface area contributed by atoms with Crippen molar-refractivity contribution in [3.63, 3.8) is 0 Å². The Morgan fingerprint density at radius 3 is 2.57 bits per heavy atom. The Bertz CT molecular complexity index is 690. The first-order valence-corrected chi connectivity index (χ1v) is 12.0. The summed E-state index contributed by atoms with van der Waals surface area (Å²) in [6.45, 7) is 7.83. The quantitative estimate of drug-likeness (QED) is 0.817. The van der Waals surface area contributed by atoms with Crippen molar-refractivity contribution >= 4 is 17.7 Å². The van der Waals surface area contributed by atoms with Gasteiger partial charge in [0.2, 0.25) is 11.9 Å². The molecule has 30 heavy (non-hydrogen) atoms. The molecule has 2 unspecified atom stereocenters. The molecule has 1 N–H and O–H groups in total. The van der Waals surface area contributed by atoms with Crippen LogP contribution < -0.4 is 10.2 Å². The Balaban J connectivity index is 1.39. The summed E-state index contributed by atoms with van der Waals surface area (Å²) in [5, 5.41) is 3.65. The van der Waals surface area contributed by atoms with Gasteiger partial charge in [-0.1, -0.05) is 19.3 Å². The highest BCUT2D eigenvalue weighted by atomic mass is 16.2. The van der Waals surface area contributed by atoms with Crippen molar-refractivity contribution in [1.29, 1.82) is 0 Å². The maximum absolute atomic E-state index is 11.9. The zero-order valence-corrected chi connectivity index (χ0v) is 18.6. The van der Waals surface area contributed by atoms with Gasteiger partial charge in [-0.05, 0) is 51.1 Å². The van der Waals surface area contributed by atoms with E-state index in [4.69, 9.17) is 4.98 Å². The number of aromatic nitrogens is 2. The van der Waals surface area contributed by atoms with Gasteiger partial charge in [0.15, 0.2) is 0 Å². The first-order chi connectivity index (χ1) is 14.7. The van der Waals surface area contributed by atoms with E-state index in [0.717, 1.165) is 63.9 Å². The second-order valence-corrected chi connectivity index (χ2v) is 9.23. The molecule has 7 heteroatoms. The van der Waals surface area contributed by atoms with Crippen molar-refractivity contribution in [3.8, 4) is 0 Å². The first-order valence-electron chi connectivity index (χ1n) is 12.0. The van der Waals surface area contributed by atoms with Crippen LogP contribution in [0.5, 0.6) is 0 Å². The van der Waals surface area contributed by atoms with Gasteiger partial charge in [0.25, 0.3) is 0 Å². The molecule has 4 heterocycles. The predicted octanol–water partition coefficient (Wildman–Crippen LogP) is 3.13. The standard InChI is InChI=1S/C23H38N6O/c1-19(30)28-16-8-10-21(18-28)29-15-7-4-9-20(17-29)25-23-24-12-11-22(26-23)27-13-5-2-3-6-14-27/h11-12,20-21H,2-10,13-18H2,1H3,(H,24,25,26). The fraction of sp³-hybridized carbons (Fsp3) is 0.783. The minimum Gasteiger partial charge on any atom is -0.356 e. The maximum Gasteiger partial charge on any atom is 0.224 e. The largest absolute Gasteiger partial charge is 0.356 e. The number of piperidine rings is 1. The van der Waals surface area contributed by atoms with Crippen LogP contribution in [0.3, 0.4) is 0 Å². The van der Waals surface area contributed by atoms with E-state index < -0.39 is 0 Å². The van der Waals surface area contributed by atoms with Crippen LogP contribution in [0.15, 0.2) is 12.3 Å². The molecular formula is C23H38N6O. The van der Waals surface area contributed by atoms with Crippen molar-refractivity contribution in [3.05, 3.63) is 12.3 Å². The molecule has 1 aromatic rings. The highest BCUT2D eigenvalue weighted by Gasteiger charge is 2.29. The second-order valence-electron chi connectivity index (χ2n) is 9.23. The summed E-state index contributed by atoms with van der Waals surface area (Å²) in [5.41, 5.74) is 0. The fourth-order valence-corrected chi connectivity index (χ4v) is 5.24. The zero-order chi connectivity index (χ0) is 20.8. The van der Waals surface area contributed by atoms with Gasteiger partial charge in [0.1, 0.15) is 5.82 Å². The van der Waals surface area contributed by atoms with Gasteiger partial charge in [0.05, 0.1) is 0 Å². The molecule has 3 saturated heterocycles. The third-order valence-corrected chi connectivity index (χ3v) is 6.97. The van der Waals surface area contributed by atoms with E-state index in [9.17, 15) is 4.79 Å². The first kappa shape index (κ1) is 21.3. The molecule has 0 aromatic carbocycles. The molecule has 2 atom stereocenters. The van der Waals surface area contributed by atoms with Crippen molar-refractivity contribution < 1.29 is 4.79 Å². The molecule has 0 aliphatic carbocycles. The molecule has 0 spiro atoms. The molecule has 3 fully saturated rings. The Hall–Kier alpha value is -1.89. The van der Waals surface area contributed by atoms with E-state index in [1.165, 1.54) is 44.9 Å². The highest BCUT2D eigenvalue weighted by molar-refractivity contribution is 5.73. The minimum absolute atomic E-state index is 0.211. The van der Waals surface area contributed by atoms with Crippen LogP contribution in [-0.2, 0) is 4.79 Å². The number of likely N-dealkylation sites (tertiary alicyclic amines) is 2. The van der Waals surface area contributed by atoms with E-state index in [1.54, 1.807) is 6.92 Å². The van der Waals surface area contributed by atoms with Crippen molar-refractivity contribution in [2.45, 2.75) is 76.8 Å². The number of hydrogen-bond donors (Lipinski definition) is 1. The van der Waals surface area contributed by atoms with Crippen molar-refractivity contribution in [2.24, 2.45) is 0 Å². The number of carbonyl (C=O) groups excluding carboxylic acids is 1. The van der Waals surface area contributed by atoms with Gasteiger partial charge >= 0.3 is 0 Å². The molecule has 0 radical (unpaired) electrons. The normalized spacial score (nSPS) is 26.7. The number of carbonyl (C=O) groups is 1. The van der Waals surface area contributed by atoms with Gasteiger partial charge in [-0.15, -0.1) is 0 Å². The van der Waals surface area contributed by atoms with Crippen molar-refractivity contribution in [2.75, 3.05) is 49.5 Å². The Kier molecular flexibility index (Phi) is 7.42. The molecule has 4 rings (SSSR count). The van der Waals surface area contributed by atoms with Crippen LogP contribution in [-0.4, -0.2) is 77.0 Å². The van der Waals surface area contributed by atoms with Crippen molar-refractivity contribution in [1.82, 2.24) is 19.8 Å². The number of nitrogens with one attached hydrogen (secondary N) is 1. The average molecular weight is 415 g/mol. The highest BCUT2D eigenvalue weighted by Crippen LogP contribution is 2.23. The smallest absolute Gasteiger partial charge is 0.224 e. The summed E-state index contributed by atoms with van der Waals surface area (Å²) < 4.78 is 0. The Morgan fingerprint density at radius 2 is 1.77 bits per heavy atom. The van der Waals surface area contributed by atoms with Gasteiger partial charge < -0.3 is 15.1 Å². The SMILES string of the molecule is CC(=O)N1CCCC(N2CCCCC(Nc3nccc(N4CCCCCC4)n3)C2)C1. The summed E-state index contributed by atoms with van der Waals surface area (Å²) in [6, 6.07) is 2.89. The third kappa shape index (κ3) is 5.62. The van der Waals surface area contributed by atoms with E-state index in [2.05, 4.69) is 20.1 Å². The number of anilines is 2. The Labute approximate surface area is 181 Å². The van der Waals surface area contributed by atoms with Gasteiger partial charge in [-0.3, -0.25) is 9.69 Å². The Morgan fingerprint density at radius 1 is 0.967 bits per heavy atom. The number of hydrogen-bond acceptors (Lipinski definition) is 6. The molecule has 0 saturated carbocycles. The van der Waals surface area contributed by atoms with Crippen LogP contribution >= 0.6 is 0 Å². The van der Waals surface area contributed by atoms with Gasteiger partial charge in [-0.2, -0.15) is 4.98 Å². The number of nitrogens with zero attached hydrogens (tertiary/aromatic N) is 5. The zero-order valence-electron chi connectivity index (χ0n) is 18.6. The van der Waals surface area contributed by atoms with E-state index in [1.807, 2.05) is 17.2 Å². The summed E-state index contributed by atoms with van der Waals surface area (Å²) in [7, 11) is 0. The predicted molar refractivity (Wildman–Crippen MR) is 121 cm³/mol. The lowest BCUT2D eigenvalue weighted by Gasteiger charge is -2.39. The van der Waals surface area contributed by atoms with Gasteiger partial charge in [-0.25, -0.2) is 4.98 Å². The molecule has 166 valence electrons. The molecule has 3 aliphatic rings. The molecule has 1 aromatic heterocycles. The lowest BCUT2D eigenvalue weighted by Crippen LogP contribution is -2.51. The van der Waals surface area contributed by atoms with E-state index in [-0.39, 0.29) is 5.91 Å². The summed E-state index contributed by atoms with van der Waals surface area (Å²) in [4.78, 5) is 28.3. The van der Waals surface area contributed by atoms with Crippen LogP contribution in [0.2, 0.25) is 0 Å². The summed E-state index contributed by atoms with van der Waals surface area (Å²) in [5.74, 6) is 2.03. The van der Waals surface area contributed by atoms with Crippen LogP contribution in [0.25, 0.3) is 0 Å². The van der Waals surface area contributed by atoms with Crippen LogP contribution in [0.1, 0.15) is 64.7 Å². The number of rotatable bonds is 4. The van der Waals surface area contributed by atoms with Crippen LogP contribution in [0.4, 0.5) is 11.8 Å². The average Bonchev–Trinajstić information content (AvgIpc) is 3.17. The molecule has 7 nitrogen and oxygen atoms in total. The van der Waals surface area contributed by atoms with E-state index in [0.29, 0.717) is 12.1 Å². The minimum atomic E-state index is 0.211. The third-order valence-electron chi connectivity index (χ3n) is 6.97. The topological polar surface area (TPSA) is 64.6 Å². The molecule has 1 amide bonds. The fourth-order valence-electron chi connectivity index (χ4n) is 5.24. The van der Waals surface area contributed by atoms with E-state index >= 15 is 0 Å². The molecular weight excluding hydrogens is 376 g/mol. The summed E-state index contributed by atoms with van der Waals surface area (Å²) in [6.07, 6.45) is 13.0. The molecule has 3 aliphatic heterocycles. The lowest BCUT2D eigenvalue weighted by atomic mass is 10.0. The second kappa shape index (κ2) is 10.4. The number of amides is 1. The van der Waals surface area contributed by atoms with Crippen LogP contribution in [0, 0.1) is 0 Å². The molecule has 0 bridgehead atoms.